The van der Waals surface area contributed by atoms with Crippen molar-refractivity contribution in [3.8, 4) is 0 Å². The number of fused-ring (bicyclic) bond motifs is 1. The maximum atomic E-state index is 9.08. The van der Waals surface area contributed by atoms with Crippen molar-refractivity contribution in [2.75, 3.05) is 31.2 Å². The molecule has 0 fully saturated rings. The van der Waals surface area contributed by atoms with Crippen LogP contribution in [0.3, 0.4) is 0 Å². The van der Waals surface area contributed by atoms with Crippen molar-refractivity contribution < 1.29 is 10.2 Å². The molecule has 4 N–H and O–H groups in total. The van der Waals surface area contributed by atoms with Crippen LogP contribution in [0.25, 0.3) is 0 Å². The van der Waals surface area contributed by atoms with Crippen LogP contribution in [0.1, 0.15) is 0 Å². The smallest absolute Gasteiger partial charge is 0.267 e. The van der Waals surface area contributed by atoms with Gasteiger partial charge in [-0.2, -0.15) is 4.99 Å². The molecule has 0 saturated carbocycles. The molecule has 0 amide bonds. The van der Waals surface area contributed by atoms with Crippen LogP contribution in [-0.2, 0) is 0 Å². The van der Waals surface area contributed by atoms with Gasteiger partial charge in [-0.15, -0.1) is 10.2 Å². The lowest BCUT2D eigenvalue weighted by Gasteiger charge is -2.22. The van der Waals surface area contributed by atoms with E-state index in [0.717, 1.165) is 5.69 Å². The Balaban J connectivity index is 1.69. The molecule has 2 heterocycles. The monoisotopic (exact) mass is 342 g/mol. The first kappa shape index (κ1) is 16.9. The molecule has 1 atom stereocenters. The lowest BCUT2D eigenvalue weighted by molar-refractivity contribution is 0.281. The van der Waals surface area contributed by atoms with Gasteiger partial charge in [-0.05, 0) is 24.3 Å². The van der Waals surface area contributed by atoms with E-state index in [9.17, 15) is 0 Å². The second-order valence-corrected chi connectivity index (χ2v) is 5.25. The summed E-state index contributed by atoms with van der Waals surface area (Å²) < 4.78 is 0. The summed E-state index contributed by atoms with van der Waals surface area (Å²) in [7, 11) is 0. The number of hydrogen-bond donors (Lipinski definition) is 3. The predicted octanol–water partition coefficient (Wildman–Crippen LogP) is 0.0971. The van der Waals surface area contributed by atoms with Gasteiger partial charge in [0, 0.05) is 18.8 Å². The number of amidine groups is 2. The van der Waals surface area contributed by atoms with Gasteiger partial charge in [-0.1, -0.05) is 0 Å². The van der Waals surface area contributed by atoms with Crippen molar-refractivity contribution in [2.45, 2.75) is 6.04 Å². The Kier molecular flexibility index (Phi) is 5.21. The summed E-state index contributed by atoms with van der Waals surface area (Å²) in [5.41, 5.74) is 7.25. The van der Waals surface area contributed by atoms with Crippen LogP contribution < -0.4 is 10.6 Å². The Bertz CT molecular complexity index is 760. The van der Waals surface area contributed by atoms with Gasteiger partial charge in [0.2, 0.25) is 0 Å². The fourth-order valence-electron chi connectivity index (χ4n) is 2.38. The molecule has 0 aromatic heterocycles. The fourth-order valence-corrected chi connectivity index (χ4v) is 2.38. The van der Waals surface area contributed by atoms with Crippen molar-refractivity contribution >= 4 is 35.3 Å². The molecular formula is C15H18N8O2. The highest BCUT2D eigenvalue weighted by Crippen LogP contribution is 2.20. The quantitative estimate of drug-likeness (QED) is 0.629. The third kappa shape index (κ3) is 3.92. The molecule has 0 saturated heterocycles. The van der Waals surface area contributed by atoms with Crippen molar-refractivity contribution in [2.24, 2.45) is 35.9 Å². The lowest BCUT2D eigenvalue weighted by Crippen LogP contribution is -2.34. The average molecular weight is 342 g/mol. The number of azo groups is 1. The highest BCUT2D eigenvalue weighted by atomic mass is 16.3. The molecule has 2 aliphatic rings. The molecule has 0 radical (unpaired) electrons. The molecule has 0 aliphatic carbocycles. The number of aliphatic imine (C=N–C) groups is 4. The summed E-state index contributed by atoms with van der Waals surface area (Å²) in [5.74, 6) is 0.986. The molecule has 10 nitrogen and oxygen atoms in total. The SMILES string of the molecule is NC1=NC=NC2=NC(N=Nc3ccc(N(CCO)CCO)cc3)=NC12. The highest BCUT2D eigenvalue weighted by molar-refractivity contribution is 6.21. The van der Waals surface area contributed by atoms with E-state index in [0.29, 0.717) is 30.4 Å². The minimum Gasteiger partial charge on any atom is -0.395 e. The summed E-state index contributed by atoms with van der Waals surface area (Å²) in [6.45, 7) is 0.913. The van der Waals surface area contributed by atoms with E-state index in [-0.39, 0.29) is 19.2 Å². The van der Waals surface area contributed by atoms with Crippen molar-refractivity contribution in [3.63, 3.8) is 0 Å². The van der Waals surface area contributed by atoms with Gasteiger partial charge in [0.1, 0.15) is 12.2 Å². The summed E-state index contributed by atoms with van der Waals surface area (Å²) in [4.78, 5) is 18.1. The van der Waals surface area contributed by atoms with Crippen LogP contribution in [0, 0.1) is 0 Å². The number of aliphatic hydroxyl groups excluding tert-OH is 2. The molecule has 3 rings (SSSR count). The van der Waals surface area contributed by atoms with E-state index >= 15 is 0 Å². The van der Waals surface area contributed by atoms with E-state index in [2.05, 4.69) is 30.2 Å². The molecule has 1 aromatic carbocycles. The number of rotatable bonds is 6. The number of aliphatic hydroxyl groups is 2. The van der Waals surface area contributed by atoms with Crippen molar-refractivity contribution in [3.05, 3.63) is 24.3 Å². The average Bonchev–Trinajstić information content (AvgIpc) is 3.05. The van der Waals surface area contributed by atoms with Crippen LogP contribution in [0.15, 0.2) is 54.5 Å². The maximum Gasteiger partial charge on any atom is 0.267 e. The van der Waals surface area contributed by atoms with Crippen LogP contribution >= 0.6 is 0 Å². The molecule has 1 aromatic rings. The molecule has 2 aliphatic heterocycles. The second kappa shape index (κ2) is 7.73. The van der Waals surface area contributed by atoms with E-state index in [1.165, 1.54) is 6.34 Å². The van der Waals surface area contributed by atoms with Crippen LogP contribution in [-0.4, -0.2) is 66.5 Å². The predicted molar refractivity (Wildman–Crippen MR) is 96.1 cm³/mol. The second-order valence-electron chi connectivity index (χ2n) is 5.25. The summed E-state index contributed by atoms with van der Waals surface area (Å²) in [6, 6.07) is 6.77. The highest BCUT2D eigenvalue weighted by Gasteiger charge is 2.27. The van der Waals surface area contributed by atoms with Gasteiger partial charge < -0.3 is 20.8 Å². The van der Waals surface area contributed by atoms with Crippen molar-refractivity contribution in [1.82, 2.24) is 0 Å². The number of nitrogens with zero attached hydrogens (tertiary/aromatic N) is 7. The van der Waals surface area contributed by atoms with E-state index < -0.39 is 6.04 Å². The summed E-state index contributed by atoms with van der Waals surface area (Å²) >= 11 is 0. The molecule has 1 unspecified atom stereocenters. The van der Waals surface area contributed by atoms with Crippen molar-refractivity contribution in [1.29, 1.82) is 0 Å². The fraction of sp³-hybridized carbons (Fsp3) is 0.333. The zero-order chi connectivity index (χ0) is 17.6. The topological polar surface area (TPSA) is 144 Å². The molecular weight excluding hydrogens is 324 g/mol. The Hall–Kier alpha value is -2.98. The first-order valence-electron chi connectivity index (χ1n) is 7.72. The molecule has 10 heteroatoms. The normalized spacial score (nSPS) is 18.8. The Morgan fingerprint density at radius 3 is 2.44 bits per heavy atom. The third-order valence-electron chi connectivity index (χ3n) is 3.59. The van der Waals surface area contributed by atoms with Gasteiger partial charge in [0.15, 0.2) is 11.9 Å². The van der Waals surface area contributed by atoms with E-state index in [4.69, 9.17) is 15.9 Å². The summed E-state index contributed by atoms with van der Waals surface area (Å²) in [5, 5.41) is 26.3. The van der Waals surface area contributed by atoms with Crippen LogP contribution in [0.5, 0.6) is 0 Å². The van der Waals surface area contributed by atoms with Gasteiger partial charge in [-0.3, -0.25) is 0 Å². The third-order valence-corrected chi connectivity index (χ3v) is 3.59. The number of benzene rings is 1. The number of nitrogens with two attached hydrogens (primary N) is 1. The van der Waals surface area contributed by atoms with Gasteiger partial charge in [0.05, 0.1) is 18.9 Å². The van der Waals surface area contributed by atoms with E-state index in [1.807, 2.05) is 17.0 Å². The summed E-state index contributed by atoms with van der Waals surface area (Å²) in [6.07, 6.45) is 1.34. The Morgan fingerprint density at radius 2 is 1.80 bits per heavy atom. The number of anilines is 1. The molecule has 130 valence electrons. The Labute approximate surface area is 143 Å². The molecule has 25 heavy (non-hydrogen) atoms. The van der Waals surface area contributed by atoms with Crippen LogP contribution in [0.2, 0.25) is 0 Å². The number of guanidine groups is 1. The number of hydrogen-bond acceptors (Lipinski definition) is 10. The zero-order valence-corrected chi connectivity index (χ0v) is 13.4. The Morgan fingerprint density at radius 1 is 1.08 bits per heavy atom. The first-order valence-corrected chi connectivity index (χ1v) is 7.72. The molecule has 0 bridgehead atoms. The minimum absolute atomic E-state index is 0.0116. The standard InChI is InChI=1S/C15H18N8O2/c16-13-12-14(18-9-17-13)20-15(19-12)22-21-10-1-3-11(4-2-10)23(5-7-24)6-8-25/h1-4,9,12,24-25H,5-8H2,(H2,16,17,18,19,20). The molecule has 0 spiro atoms. The largest absolute Gasteiger partial charge is 0.395 e. The van der Waals surface area contributed by atoms with Gasteiger partial charge in [-0.25, -0.2) is 15.0 Å². The van der Waals surface area contributed by atoms with E-state index in [1.54, 1.807) is 12.1 Å². The maximum absolute atomic E-state index is 9.08. The lowest BCUT2D eigenvalue weighted by atomic mass is 10.2. The van der Waals surface area contributed by atoms with Crippen LogP contribution in [0.4, 0.5) is 11.4 Å². The first-order chi connectivity index (χ1) is 12.2. The van der Waals surface area contributed by atoms with Gasteiger partial charge >= 0.3 is 0 Å². The minimum atomic E-state index is -0.480. The van der Waals surface area contributed by atoms with Gasteiger partial charge in [0.25, 0.3) is 5.96 Å². The zero-order valence-electron chi connectivity index (χ0n) is 13.4.